The molecule has 70 valence electrons. The third kappa shape index (κ3) is 3.55. The molecule has 0 aliphatic rings. The number of carbonyl (C=O) groups is 2. The molecule has 0 aromatic rings. The van der Waals surface area contributed by atoms with Crippen LogP contribution in [0.25, 0.3) is 0 Å². The Morgan fingerprint density at radius 1 is 1.33 bits per heavy atom. The van der Waals surface area contributed by atoms with Crippen molar-refractivity contribution in [3.63, 3.8) is 0 Å². The number of rotatable bonds is 4. The number of hydrogen-bond acceptors (Lipinski definition) is 2. The first-order valence-corrected chi connectivity index (χ1v) is 4.42. The van der Waals surface area contributed by atoms with Crippen LogP contribution in [0.1, 0.15) is 27.2 Å². The van der Waals surface area contributed by atoms with Crippen LogP contribution in [-0.4, -0.2) is 10.5 Å². The summed E-state index contributed by atoms with van der Waals surface area (Å²) in [6.07, 6.45) is 0.387. The highest BCUT2D eigenvalue weighted by Crippen LogP contribution is 2.28. The number of halogens is 2. The first-order chi connectivity index (χ1) is 5.27. The van der Waals surface area contributed by atoms with Crippen LogP contribution in [-0.2, 0) is 9.59 Å². The van der Waals surface area contributed by atoms with Crippen molar-refractivity contribution >= 4 is 33.7 Å². The van der Waals surface area contributed by atoms with Crippen molar-refractivity contribution in [3.8, 4) is 0 Å². The minimum absolute atomic E-state index is 0.329. The van der Waals surface area contributed by atoms with E-state index >= 15 is 0 Å². The zero-order valence-corrected chi connectivity index (χ0v) is 8.87. The summed E-state index contributed by atoms with van der Waals surface area (Å²) in [5.41, 5.74) is -0.675. The van der Waals surface area contributed by atoms with Gasteiger partial charge in [0.15, 0.2) is 0 Å². The van der Waals surface area contributed by atoms with Gasteiger partial charge in [-0.2, -0.15) is 0 Å². The van der Waals surface area contributed by atoms with Crippen molar-refractivity contribution in [1.29, 1.82) is 0 Å². The van der Waals surface area contributed by atoms with Crippen LogP contribution >= 0.6 is 23.2 Å². The van der Waals surface area contributed by atoms with E-state index in [-0.39, 0.29) is 5.92 Å². The van der Waals surface area contributed by atoms with Crippen molar-refractivity contribution in [3.05, 3.63) is 0 Å². The summed E-state index contributed by atoms with van der Waals surface area (Å²) in [4.78, 5) is 21.5. The highest BCUT2D eigenvalue weighted by Gasteiger charge is 2.29. The van der Waals surface area contributed by atoms with Crippen LogP contribution in [0.5, 0.6) is 0 Å². The van der Waals surface area contributed by atoms with Crippen LogP contribution in [0.2, 0.25) is 0 Å². The van der Waals surface area contributed by atoms with Crippen LogP contribution in [0, 0.1) is 11.3 Å². The third-order valence-corrected chi connectivity index (χ3v) is 2.62. The first kappa shape index (κ1) is 11.9. The normalized spacial score (nSPS) is 14.1. The van der Waals surface area contributed by atoms with Crippen molar-refractivity contribution in [2.45, 2.75) is 27.2 Å². The lowest BCUT2D eigenvalue weighted by Crippen LogP contribution is -2.24. The molecule has 0 radical (unpaired) electrons. The van der Waals surface area contributed by atoms with E-state index in [0.29, 0.717) is 6.42 Å². The predicted molar refractivity (Wildman–Crippen MR) is 49.3 cm³/mol. The average Bonchev–Trinajstić information content (AvgIpc) is 1.85. The van der Waals surface area contributed by atoms with Gasteiger partial charge in [-0.05, 0) is 29.6 Å². The number of carbonyl (C=O) groups excluding carboxylic acids is 2. The summed E-state index contributed by atoms with van der Waals surface area (Å²) in [5.74, 6) is -0.329. The lowest BCUT2D eigenvalue weighted by Gasteiger charge is -2.21. The van der Waals surface area contributed by atoms with E-state index < -0.39 is 15.9 Å². The molecule has 4 heteroatoms. The van der Waals surface area contributed by atoms with E-state index in [9.17, 15) is 9.59 Å². The SMILES string of the molecule is CC(CC(C)(C)C(=O)Cl)C(=O)Cl. The molecule has 0 aliphatic carbocycles. The molecule has 0 saturated carbocycles. The zero-order chi connectivity index (χ0) is 9.94. The minimum atomic E-state index is -0.675. The molecule has 0 rings (SSSR count). The molecule has 0 amide bonds. The molecule has 1 unspecified atom stereocenters. The molecular formula is C8H12Cl2O2. The van der Waals surface area contributed by atoms with E-state index in [1.54, 1.807) is 20.8 Å². The summed E-state index contributed by atoms with van der Waals surface area (Å²) in [5, 5.41) is -0.867. The summed E-state index contributed by atoms with van der Waals surface area (Å²) < 4.78 is 0. The van der Waals surface area contributed by atoms with Crippen LogP contribution in [0.3, 0.4) is 0 Å². The van der Waals surface area contributed by atoms with Gasteiger partial charge in [0, 0.05) is 11.3 Å². The van der Waals surface area contributed by atoms with Gasteiger partial charge in [0.05, 0.1) is 0 Å². The molecule has 0 aliphatic heterocycles. The zero-order valence-electron chi connectivity index (χ0n) is 7.36. The fraction of sp³-hybridized carbons (Fsp3) is 0.750. The van der Waals surface area contributed by atoms with Gasteiger partial charge in [-0.25, -0.2) is 0 Å². The van der Waals surface area contributed by atoms with Crippen molar-refractivity contribution in [1.82, 2.24) is 0 Å². The van der Waals surface area contributed by atoms with Gasteiger partial charge in [0.2, 0.25) is 10.5 Å². The van der Waals surface area contributed by atoms with E-state index in [0.717, 1.165) is 0 Å². The highest BCUT2D eigenvalue weighted by atomic mass is 35.5. The maximum atomic E-state index is 10.8. The fourth-order valence-electron chi connectivity index (χ4n) is 0.926. The largest absolute Gasteiger partial charge is 0.281 e. The molecule has 0 aromatic carbocycles. The van der Waals surface area contributed by atoms with Gasteiger partial charge in [-0.1, -0.05) is 20.8 Å². The second-order valence-electron chi connectivity index (χ2n) is 3.57. The van der Waals surface area contributed by atoms with E-state index in [2.05, 4.69) is 0 Å². The maximum Gasteiger partial charge on any atom is 0.227 e. The molecule has 0 fully saturated rings. The lowest BCUT2D eigenvalue weighted by atomic mass is 9.85. The van der Waals surface area contributed by atoms with Crippen molar-refractivity contribution < 1.29 is 9.59 Å². The summed E-state index contributed by atoms with van der Waals surface area (Å²) in [6.45, 7) is 5.06. The van der Waals surface area contributed by atoms with Crippen LogP contribution in [0.4, 0.5) is 0 Å². The van der Waals surface area contributed by atoms with Gasteiger partial charge in [0.25, 0.3) is 0 Å². The Bertz CT molecular complexity index is 199. The Kier molecular flexibility index (Phi) is 4.21. The molecule has 0 saturated heterocycles. The summed E-state index contributed by atoms with van der Waals surface area (Å²) >= 11 is 10.6. The molecule has 0 N–H and O–H groups in total. The van der Waals surface area contributed by atoms with E-state index in [4.69, 9.17) is 23.2 Å². The van der Waals surface area contributed by atoms with Crippen molar-refractivity contribution in [2.24, 2.45) is 11.3 Å². The second kappa shape index (κ2) is 4.24. The highest BCUT2D eigenvalue weighted by molar-refractivity contribution is 6.65. The third-order valence-electron chi connectivity index (χ3n) is 1.74. The average molecular weight is 211 g/mol. The molecule has 1 atom stereocenters. The fourth-order valence-corrected chi connectivity index (χ4v) is 1.08. The molecule has 2 nitrogen and oxygen atoms in total. The quantitative estimate of drug-likeness (QED) is 0.669. The first-order valence-electron chi connectivity index (χ1n) is 3.66. The molecule has 0 aromatic heterocycles. The van der Waals surface area contributed by atoms with Crippen LogP contribution < -0.4 is 0 Å². The van der Waals surface area contributed by atoms with E-state index in [1.165, 1.54) is 0 Å². The Morgan fingerprint density at radius 2 is 1.75 bits per heavy atom. The predicted octanol–water partition coefficient (Wildman–Crippen LogP) is 2.57. The van der Waals surface area contributed by atoms with Gasteiger partial charge in [0.1, 0.15) is 0 Å². The Morgan fingerprint density at radius 3 is 2.00 bits per heavy atom. The summed E-state index contributed by atoms with van der Waals surface area (Å²) in [6, 6.07) is 0. The van der Waals surface area contributed by atoms with Gasteiger partial charge in [-0.15, -0.1) is 0 Å². The maximum absolute atomic E-state index is 10.8. The monoisotopic (exact) mass is 210 g/mol. The lowest BCUT2D eigenvalue weighted by molar-refractivity contribution is -0.121. The van der Waals surface area contributed by atoms with E-state index in [1.807, 2.05) is 0 Å². The molecule has 12 heavy (non-hydrogen) atoms. The second-order valence-corrected chi connectivity index (χ2v) is 4.28. The van der Waals surface area contributed by atoms with Gasteiger partial charge >= 0.3 is 0 Å². The van der Waals surface area contributed by atoms with Crippen LogP contribution in [0.15, 0.2) is 0 Å². The number of hydrogen-bond donors (Lipinski definition) is 0. The topological polar surface area (TPSA) is 34.1 Å². The molecule has 0 heterocycles. The standard InChI is InChI=1S/C8H12Cl2O2/c1-5(6(9)11)4-8(2,3)7(10)12/h5H,4H2,1-3H3. The molecular weight excluding hydrogens is 199 g/mol. The van der Waals surface area contributed by atoms with Crippen molar-refractivity contribution in [2.75, 3.05) is 0 Å². The Labute approximate surface area is 82.2 Å². The van der Waals surface area contributed by atoms with Gasteiger partial charge < -0.3 is 0 Å². The Balaban J connectivity index is 4.24. The Hall–Kier alpha value is -0.0800. The minimum Gasteiger partial charge on any atom is -0.281 e. The molecule has 0 spiro atoms. The molecule has 0 bridgehead atoms. The van der Waals surface area contributed by atoms with Gasteiger partial charge in [-0.3, -0.25) is 9.59 Å². The smallest absolute Gasteiger partial charge is 0.227 e. The summed E-state index contributed by atoms with van der Waals surface area (Å²) in [7, 11) is 0.